The van der Waals surface area contributed by atoms with Crippen molar-refractivity contribution in [2.45, 2.75) is 58.2 Å². The van der Waals surface area contributed by atoms with Crippen LogP contribution in [0.5, 0.6) is 0 Å². The molecule has 11 heteroatoms. The molecule has 0 aromatic heterocycles. The van der Waals surface area contributed by atoms with Gasteiger partial charge in [0.05, 0.1) is 34.9 Å². The van der Waals surface area contributed by atoms with E-state index in [4.69, 9.17) is 4.74 Å². The maximum absolute atomic E-state index is 13.8. The van der Waals surface area contributed by atoms with Crippen LogP contribution in [0, 0.1) is 16.0 Å². The fourth-order valence-electron chi connectivity index (χ4n) is 5.13. The average molecular weight is 500 g/mol. The van der Waals surface area contributed by atoms with Crippen LogP contribution < -0.4 is 10.6 Å². The van der Waals surface area contributed by atoms with E-state index in [0.29, 0.717) is 43.0 Å². The van der Waals surface area contributed by atoms with Gasteiger partial charge in [-0.05, 0) is 37.7 Å². The van der Waals surface area contributed by atoms with Gasteiger partial charge in [-0.1, -0.05) is 26.0 Å². The van der Waals surface area contributed by atoms with Gasteiger partial charge < -0.3 is 20.3 Å². The Hall–Kier alpha value is -3.47. The molecule has 0 radical (unpaired) electrons. The average Bonchev–Trinajstić information content (AvgIpc) is 3.48. The summed E-state index contributed by atoms with van der Waals surface area (Å²) in [5.41, 5.74) is 1.19. The molecule has 3 heterocycles. The van der Waals surface area contributed by atoms with Crippen LogP contribution in [0.2, 0.25) is 0 Å². The van der Waals surface area contributed by atoms with Crippen molar-refractivity contribution in [2.75, 3.05) is 26.2 Å². The number of amides is 4. The number of carbonyl (C=O) groups excluding carboxylic acids is 3. The standard InChI is InChI=1S/C25H33N5O6/c1-4-28-20-14-29(19(11-15(2)3)23(31)26-13-18-9-6-10-36-18)24(32)21(20)22(27-25(28)33)16-7-5-8-17(12-16)30(34)35/h5,7-8,12,15,18-19,22H,4,6,9-11,13-14H2,1-3H3,(H,26,31)(H,27,33)/t18-,19+,22-/m1/s1. The molecular formula is C25H33N5O6. The van der Waals surface area contributed by atoms with E-state index in [-0.39, 0.29) is 42.1 Å². The molecule has 0 unspecified atom stereocenters. The molecule has 0 spiro atoms. The van der Waals surface area contributed by atoms with E-state index in [9.17, 15) is 24.5 Å². The van der Waals surface area contributed by atoms with Gasteiger partial charge in [0, 0.05) is 31.8 Å². The highest BCUT2D eigenvalue weighted by Gasteiger charge is 2.47. The van der Waals surface area contributed by atoms with E-state index >= 15 is 0 Å². The summed E-state index contributed by atoms with van der Waals surface area (Å²) < 4.78 is 5.61. The van der Waals surface area contributed by atoms with Crippen LogP contribution >= 0.6 is 0 Å². The molecule has 1 aromatic carbocycles. The molecule has 0 bridgehead atoms. The van der Waals surface area contributed by atoms with Crippen molar-refractivity contribution in [2.24, 2.45) is 5.92 Å². The van der Waals surface area contributed by atoms with E-state index < -0.39 is 17.0 Å². The van der Waals surface area contributed by atoms with Gasteiger partial charge in [-0.2, -0.15) is 0 Å². The minimum Gasteiger partial charge on any atom is -0.376 e. The molecule has 0 saturated carbocycles. The SMILES string of the molecule is CCN1C(=O)N[C@H](c2cccc([N+](=O)[O-])c2)C2=C1CN([C@@H](CC(C)C)C(=O)NC[C@H]1CCCO1)C2=O. The number of likely N-dealkylation sites (N-methyl/N-ethyl adjacent to an activating group) is 1. The molecular weight excluding hydrogens is 466 g/mol. The van der Waals surface area contributed by atoms with Crippen LogP contribution in [-0.2, 0) is 14.3 Å². The Morgan fingerprint density at radius 1 is 1.33 bits per heavy atom. The van der Waals surface area contributed by atoms with Gasteiger partial charge >= 0.3 is 6.03 Å². The lowest BCUT2D eigenvalue weighted by molar-refractivity contribution is -0.384. The smallest absolute Gasteiger partial charge is 0.322 e. The Morgan fingerprint density at radius 2 is 2.11 bits per heavy atom. The van der Waals surface area contributed by atoms with Crippen molar-refractivity contribution in [3.05, 3.63) is 51.2 Å². The lowest BCUT2D eigenvalue weighted by atomic mass is 9.95. The summed E-state index contributed by atoms with van der Waals surface area (Å²) in [7, 11) is 0. The third kappa shape index (κ3) is 5.06. The summed E-state index contributed by atoms with van der Waals surface area (Å²) >= 11 is 0. The first-order valence-corrected chi connectivity index (χ1v) is 12.5. The number of non-ortho nitro benzene ring substituents is 1. The van der Waals surface area contributed by atoms with E-state index in [1.807, 2.05) is 20.8 Å². The number of rotatable bonds is 9. The molecule has 2 N–H and O–H groups in total. The number of hydrogen-bond acceptors (Lipinski definition) is 6. The Bertz CT molecular complexity index is 1080. The van der Waals surface area contributed by atoms with Crippen molar-refractivity contribution in [1.82, 2.24) is 20.4 Å². The van der Waals surface area contributed by atoms with Crippen LogP contribution in [0.15, 0.2) is 35.5 Å². The van der Waals surface area contributed by atoms with Crippen molar-refractivity contribution >= 4 is 23.5 Å². The summed E-state index contributed by atoms with van der Waals surface area (Å²) in [6.45, 7) is 7.32. The normalized spacial score (nSPS) is 22.7. The predicted octanol–water partition coefficient (Wildman–Crippen LogP) is 2.49. The third-order valence-electron chi connectivity index (χ3n) is 6.88. The first-order valence-electron chi connectivity index (χ1n) is 12.5. The highest BCUT2D eigenvalue weighted by atomic mass is 16.6. The fraction of sp³-hybridized carbons (Fsp3) is 0.560. The van der Waals surface area contributed by atoms with Crippen molar-refractivity contribution in [3.63, 3.8) is 0 Å². The highest BCUT2D eigenvalue weighted by molar-refractivity contribution is 6.03. The highest BCUT2D eigenvalue weighted by Crippen LogP contribution is 2.38. The topological polar surface area (TPSA) is 134 Å². The van der Waals surface area contributed by atoms with Crippen molar-refractivity contribution in [1.29, 1.82) is 0 Å². The number of nitrogens with zero attached hydrogens (tertiary/aromatic N) is 3. The molecule has 11 nitrogen and oxygen atoms in total. The molecule has 4 amide bonds. The molecule has 1 saturated heterocycles. The van der Waals surface area contributed by atoms with Gasteiger partial charge in [0.2, 0.25) is 5.91 Å². The second-order valence-electron chi connectivity index (χ2n) is 9.80. The molecule has 194 valence electrons. The van der Waals surface area contributed by atoms with Gasteiger partial charge in [-0.25, -0.2) is 4.79 Å². The summed E-state index contributed by atoms with van der Waals surface area (Å²) in [4.78, 5) is 54.0. The lowest BCUT2D eigenvalue weighted by Gasteiger charge is -2.32. The van der Waals surface area contributed by atoms with Gasteiger partial charge in [0.15, 0.2) is 0 Å². The predicted molar refractivity (Wildman–Crippen MR) is 131 cm³/mol. The van der Waals surface area contributed by atoms with Crippen LogP contribution in [0.25, 0.3) is 0 Å². The van der Waals surface area contributed by atoms with Gasteiger partial charge in [-0.3, -0.25) is 24.6 Å². The number of hydrogen-bond donors (Lipinski definition) is 2. The van der Waals surface area contributed by atoms with E-state index in [1.165, 1.54) is 28.0 Å². The second-order valence-corrected chi connectivity index (χ2v) is 9.80. The number of benzene rings is 1. The molecule has 4 rings (SSSR count). The molecule has 1 fully saturated rings. The Kier molecular flexibility index (Phi) is 7.58. The van der Waals surface area contributed by atoms with E-state index in [1.54, 1.807) is 6.07 Å². The number of ether oxygens (including phenoxy) is 1. The Labute approximate surface area is 210 Å². The van der Waals surface area contributed by atoms with Gasteiger partial charge in [0.25, 0.3) is 11.6 Å². The lowest BCUT2D eigenvalue weighted by Crippen LogP contribution is -2.50. The molecule has 1 aromatic rings. The molecule has 3 aliphatic rings. The van der Waals surface area contributed by atoms with Gasteiger partial charge in [-0.15, -0.1) is 0 Å². The number of nitrogens with one attached hydrogen (secondary N) is 2. The largest absolute Gasteiger partial charge is 0.376 e. The summed E-state index contributed by atoms with van der Waals surface area (Å²) in [6.07, 6.45) is 2.28. The Morgan fingerprint density at radius 3 is 2.75 bits per heavy atom. The number of urea groups is 1. The Balaban J connectivity index is 1.64. The summed E-state index contributed by atoms with van der Waals surface area (Å²) in [6, 6.07) is 3.97. The minimum absolute atomic E-state index is 0.0232. The second kappa shape index (κ2) is 10.7. The van der Waals surface area contributed by atoms with E-state index in [0.717, 1.165) is 12.8 Å². The fourth-order valence-corrected chi connectivity index (χ4v) is 5.13. The van der Waals surface area contributed by atoms with Gasteiger partial charge in [0.1, 0.15) is 6.04 Å². The number of nitro groups is 1. The van der Waals surface area contributed by atoms with Crippen LogP contribution in [0.1, 0.15) is 51.6 Å². The molecule has 3 aliphatic heterocycles. The zero-order valence-corrected chi connectivity index (χ0v) is 20.9. The van der Waals surface area contributed by atoms with E-state index in [2.05, 4.69) is 10.6 Å². The third-order valence-corrected chi connectivity index (χ3v) is 6.88. The van der Waals surface area contributed by atoms with Crippen molar-refractivity contribution in [3.8, 4) is 0 Å². The van der Waals surface area contributed by atoms with Crippen LogP contribution in [0.4, 0.5) is 10.5 Å². The summed E-state index contributed by atoms with van der Waals surface area (Å²) in [5.74, 6) is -0.456. The molecule has 3 atom stereocenters. The molecule has 36 heavy (non-hydrogen) atoms. The summed E-state index contributed by atoms with van der Waals surface area (Å²) in [5, 5.41) is 17.1. The maximum Gasteiger partial charge on any atom is 0.322 e. The maximum atomic E-state index is 13.8. The quantitative estimate of drug-likeness (QED) is 0.396. The first kappa shape index (κ1) is 25.6. The van der Waals surface area contributed by atoms with Crippen LogP contribution in [-0.4, -0.2) is 71.0 Å². The zero-order valence-electron chi connectivity index (χ0n) is 20.9. The number of nitro benzene ring substituents is 1. The minimum atomic E-state index is -0.845. The zero-order chi connectivity index (χ0) is 26.0. The van der Waals surface area contributed by atoms with Crippen LogP contribution in [0.3, 0.4) is 0 Å². The monoisotopic (exact) mass is 499 g/mol. The molecule has 0 aliphatic carbocycles. The number of carbonyl (C=O) groups is 3. The first-order chi connectivity index (χ1) is 17.2. The van der Waals surface area contributed by atoms with Crippen molar-refractivity contribution < 1.29 is 24.0 Å².